The number of ether oxygens (including phenoxy) is 2. The van der Waals surface area contributed by atoms with Gasteiger partial charge in [0.1, 0.15) is 0 Å². The first-order valence-corrected chi connectivity index (χ1v) is 7.98. The molecule has 1 N–H and O–H groups in total. The number of carbonyl (C=O) groups excluding carboxylic acids is 1. The molecule has 1 rings (SSSR count). The average molecular weight is 318 g/mol. The normalized spacial score (nSPS) is 25.9. The molecule has 0 aromatic carbocycles. The van der Waals surface area contributed by atoms with Crippen molar-refractivity contribution in [1.29, 1.82) is 0 Å². The van der Waals surface area contributed by atoms with E-state index in [0.717, 1.165) is 12.8 Å². The highest BCUT2D eigenvalue weighted by Gasteiger charge is 2.36. The van der Waals surface area contributed by atoms with E-state index >= 15 is 0 Å². The Hall–Kier alpha value is -0.480. The molecule has 0 amide bonds. The van der Waals surface area contributed by atoms with Gasteiger partial charge in [0.05, 0.1) is 31.5 Å². The minimum atomic E-state index is -0.157. The highest BCUT2D eigenvalue weighted by atomic mass is 31.0. The molecule has 0 aliphatic carbocycles. The number of hydrogen-bond acceptors (Lipinski definition) is 5. The van der Waals surface area contributed by atoms with Gasteiger partial charge in [-0.1, -0.05) is 12.2 Å². The number of allylic oxidation sites excluding steroid dienone is 2. The number of aliphatic hydroxyl groups excluding tert-OH is 1. The molecule has 1 aliphatic heterocycles. The Morgan fingerprint density at radius 3 is 2.76 bits per heavy atom. The van der Waals surface area contributed by atoms with Gasteiger partial charge in [-0.05, 0) is 33.1 Å². The Labute approximate surface area is 129 Å². The van der Waals surface area contributed by atoms with E-state index in [1.165, 1.54) is 0 Å². The number of rotatable bonds is 9. The monoisotopic (exact) mass is 318 g/mol. The van der Waals surface area contributed by atoms with Gasteiger partial charge in [0.15, 0.2) is 0 Å². The quantitative estimate of drug-likeness (QED) is 0.401. The summed E-state index contributed by atoms with van der Waals surface area (Å²) in [6, 6.07) is 0. The molecule has 6 heteroatoms. The van der Waals surface area contributed by atoms with E-state index in [4.69, 9.17) is 14.0 Å². The van der Waals surface area contributed by atoms with E-state index in [2.05, 4.69) is 15.5 Å². The van der Waals surface area contributed by atoms with Gasteiger partial charge in [0.25, 0.3) is 0 Å². The predicted molar refractivity (Wildman–Crippen MR) is 83.7 cm³/mol. The number of carbonyl (C=O) groups is 1. The highest BCUT2D eigenvalue weighted by molar-refractivity contribution is 7.09. The lowest BCUT2D eigenvalue weighted by molar-refractivity contribution is -0.147. The molecule has 0 aromatic heterocycles. The topological polar surface area (TPSA) is 65.0 Å². The van der Waals surface area contributed by atoms with E-state index in [1.54, 1.807) is 0 Å². The van der Waals surface area contributed by atoms with Gasteiger partial charge in [0.2, 0.25) is 0 Å². The summed E-state index contributed by atoms with van der Waals surface area (Å²) in [5.41, 5.74) is 0. The minimum Gasteiger partial charge on any atom is -0.463 e. The lowest BCUT2D eigenvalue weighted by Crippen LogP contribution is -2.26. The first kappa shape index (κ1) is 18.6. The van der Waals surface area contributed by atoms with Crippen LogP contribution < -0.4 is 0 Å². The molecular formula is C15H27O5P. The molecule has 5 nitrogen and oxygen atoms in total. The van der Waals surface area contributed by atoms with E-state index in [-0.39, 0.29) is 36.8 Å². The van der Waals surface area contributed by atoms with Crippen LogP contribution in [0.2, 0.25) is 0 Å². The van der Waals surface area contributed by atoms with Gasteiger partial charge < -0.3 is 19.1 Å². The van der Waals surface area contributed by atoms with Gasteiger partial charge >= 0.3 is 5.97 Å². The van der Waals surface area contributed by atoms with Gasteiger partial charge in [-0.25, -0.2) is 0 Å². The maximum atomic E-state index is 11.3. The number of esters is 1. The van der Waals surface area contributed by atoms with E-state index < -0.39 is 0 Å². The van der Waals surface area contributed by atoms with Crippen LogP contribution in [-0.2, 0) is 18.8 Å². The zero-order chi connectivity index (χ0) is 15.7. The van der Waals surface area contributed by atoms with Crippen molar-refractivity contribution in [3.8, 4) is 0 Å². The summed E-state index contributed by atoms with van der Waals surface area (Å²) >= 11 is 0. The van der Waals surface area contributed by atoms with E-state index in [9.17, 15) is 9.90 Å². The van der Waals surface area contributed by atoms with E-state index in [1.807, 2.05) is 19.9 Å². The van der Waals surface area contributed by atoms with Crippen LogP contribution in [-0.4, -0.2) is 42.6 Å². The van der Waals surface area contributed by atoms with Gasteiger partial charge in [0, 0.05) is 21.8 Å². The van der Waals surface area contributed by atoms with Crippen LogP contribution in [0.4, 0.5) is 0 Å². The lowest BCUT2D eigenvalue weighted by atomic mass is 9.94. The van der Waals surface area contributed by atoms with Crippen molar-refractivity contribution in [2.75, 3.05) is 13.2 Å². The van der Waals surface area contributed by atoms with E-state index in [0.29, 0.717) is 19.4 Å². The first-order valence-electron chi connectivity index (χ1n) is 7.51. The molecule has 0 radical (unpaired) electrons. The van der Waals surface area contributed by atoms with Crippen molar-refractivity contribution in [1.82, 2.24) is 0 Å². The smallest absolute Gasteiger partial charge is 0.306 e. The van der Waals surface area contributed by atoms with Crippen molar-refractivity contribution in [3.63, 3.8) is 0 Å². The summed E-state index contributed by atoms with van der Waals surface area (Å²) in [5.74, 6) is 0.0544. The number of hydrogen-bond donors (Lipinski definition) is 1. The van der Waals surface area contributed by atoms with Gasteiger partial charge in [-0.3, -0.25) is 4.79 Å². The molecule has 2 unspecified atom stereocenters. The van der Waals surface area contributed by atoms with Crippen LogP contribution in [0, 0.1) is 5.92 Å². The third-order valence-corrected chi connectivity index (χ3v) is 3.85. The molecule has 0 saturated carbocycles. The molecule has 0 bridgehead atoms. The maximum Gasteiger partial charge on any atom is 0.306 e. The standard InChI is InChI=1S/C15H27O5P/c1-11(2)19-15(17)8-6-4-3-5-7-12-13(9-16)18-10-14(12)20-21/h3-4,11-14,16H,5-10,21H2,1-2H3/b4-3-/t12-,13-,14?/m1/s1. The molecule has 1 fully saturated rings. The third-order valence-electron chi connectivity index (χ3n) is 3.50. The third kappa shape index (κ3) is 6.88. The van der Waals surface area contributed by atoms with Crippen molar-refractivity contribution in [2.24, 2.45) is 5.92 Å². The highest BCUT2D eigenvalue weighted by Crippen LogP contribution is 2.29. The molecule has 122 valence electrons. The second kappa shape index (κ2) is 10.3. The predicted octanol–water partition coefficient (Wildman–Crippen LogP) is 2.24. The fourth-order valence-electron chi connectivity index (χ4n) is 2.45. The first-order chi connectivity index (χ1) is 10.1. The Balaban J connectivity index is 2.20. The molecular weight excluding hydrogens is 291 g/mol. The zero-order valence-electron chi connectivity index (χ0n) is 12.9. The molecule has 1 saturated heterocycles. The van der Waals surface area contributed by atoms with Crippen LogP contribution in [0.25, 0.3) is 0 Å². The number of aliphatic hydroxyl groups is 1. The Kier molecular flexibility index (Phi) is 9.09. The molecule has 4 atom stereocenters. The largest absolute Gasteiger partial charge is 0.463 e. The lowest BCUT2D eigenvalue weighted by Gasteiger charge is -2.19. The van der Waals surface area contributed by atoms with Crippen molar-refractivity contribution in [2.45, 2.75) is 57.8 Å². The Bertz CT molecular complexity index is 320. The minimum absolute atomic E-state index is 0.0277. The van der Waals surface area contributed by atoms with Gasteiger partial charge in [-0.15, -0.1) is 0 Å². The van der Waals surface area contributed by atoms with Crippen LogP contribution >= 0.6 is 9.47 Å². The summed E-state index contributed by atoms with van der Waals surface area (Å²) in [6.07, 6.45) is 6.80. The Morgan fingerprint density at radius 1 is 1.43 bits per heavy atom. The summed E-state index contributed by atoms with van der Waals surface area (Å²) < 4.78 is 15.8. The molecule has 0 aromatic rings. The second-order valence-corrected chi connectivity index (χ2v) is 5.79. The van der Waals surface area contributed by atoms with Crippen molar-refractivity contribution in [3.05, 3.63) is 12.2 Å². The summed E-state index contributed by atoms with van der Waals surface area (Å²) in [4.78, 5) is 11.3. The average Bonchev–Trinajstić information content (AvgIpc) is 2.83. The summed E-state index contributed by atoms with van der Waals surface area (Å²) in [5, 5.41) is 9.27. The summed E-state index contributed by atoms with van der Waals surface area (Å²) in [6.45, 7) is 4.25. The van der Waals surface area contributed by atoms with Gasteiger partial charge in [-0.2, -0.15) is 0 Å². The fourth-order valence-corrected chi connectivity index (χ4v) is 2.73. The molecule has 1 aliphatic rings. The fraction of sp³-hybridized carbons (Fsp3) is 0.800. The second-order valence-electron chi connectivity index (χ2n) is 5.52. The van der Waals surface area contributed by atoms with Crippen LogP contribution in [0.1, 0.15) is 39.5 Å². The van der Waals surface area contributed by atoms with Crippen LogP contribution in [0.5, 0.6) is 0 Å². The van der Waals surface area contributed by atoms with Crippen molar-refractivity contribution >= 4 is 15.4 Å². The molecule has 21 heavy (non-hydrogen) atoms. The van der Waals surface area contributed by atoms with Crippen LogP contribution in [0.3, 0.4) is 0 Å². The van der Waals surface area contributed by atoms with Crippen molar-refractivity contribution < 1.29 is 23.9 Å². The zero-order valence-corrected chi connectivity index (χ0v) is 14.0. The molecule has 0 spiro atoms. The Morgan fingerprint density at radius 2 is 2.14 bits per heavy atom. The maximum absolute atomic E-state index is 11.3. The molecule has 1 heterocycles. The SMILES string of the molecule is CC(C)OC(=O)CC/C=C\CC[C@H]1C(OP)CO[C@@H]1CO. The summed E-state index contributed by atoms with van der Waals surface area (Å²) in [7, 11) is 2.27. The van der Waals surface area contributed by atoms with Crippen LogP contribution in [0.15, 0.2) is 12.2 Å².